The van der Waals surface area contributed by atoms with Crippen LogP contribution in [0.25, 0.3) is 0 Å². The minimum Gasteiger partial charge on any atom is -0.443 e. The lowest BCUT2D eigenvalue weighted by molar-refractivity contribution is -0.131. The normalized spacial score (nSPS) is 16.4. The van der Waals surface area contributed by atoms with Crippen molar-refractivity contribution in [2.45, 2.75) is 77.9 Å². The maximum Gasteiger partial charge on any atom is 0.416 e. The smallest absolute Gasteiger partial charge is 0.416 e. The van der Waals surface area contributed by atoms with E-state index in [9.17, 15) is 19.2 Å². The van der Waals surface area contributed by atoms with Gasteiger partial charge in [0, 0.05) is 38.3 Å². The molecule has 2 aliphatic rings. The molecule has 3 heterocycles. The number of aryl methyl sites for hydroxylation is 2. The Balaban J connectivity index is 1.43. The molecule has 0 aromatic carbocycles. The van der Waals surface area contributed by atoms with Crippen LogP contribution in [-0.4, -0.2) is 66.5 Å². The van der Waals surface area contributed by atoms with Crippen LogP contribution >= 0.6 is 0 Å². The second-order valence-electron chi connectivity index (χ2n) is 10.6. The van der Waals surface area contributed by atoms with E-state index in [1.807, 2.05) is 32.9 Å². The number of hydrogen-bond donors (Lipinski definition) is 3. The van der Waals surface area contributed by atoms with Gasteiger partial charge >= 0.3 is 6.09 Å². The van der Waals surface area contributed by atoms with Crippen molar-refractivity contribution in [1.29, 1.82) is 0 Å². The number of hydrogen-bond acceptors (Lipinski definition) is 7. The molecule has 0 saturated carbocycles. The molecule has 3 N–H and O–H groups in total. The van der Waals surface area contributed by atoms with Gasteiger partial charge in [-0.3, -0.25) is 19.3 Å². The van der Waals surface area contributed by atoms with E-state index >= 15 is 0 Å². The molecule has 3 rings (SSSR count). The molecule has 2 aliphatic heterocycles. The van der Waals surface area contributed by atoms with Crippen LogP contribution in [0.5, 0.6) is 0 Å². The van der Waals surface area contributed by atoms with Crippen molar-refractivity contribution in [1.82, 2.24) is 20.9 Å². The summed E-state index contributed by atoms with van der Waals surface area (Å²) in [5.41, 5.74) is 1.34. The Morgan fingerprint density at radius 1 is 1.19 bits per heavy atom. The van der Waals surface area contributed by atoms with Gasteiger partial charge in [-0.05, 0) is 71.4 Å². The summed E-state index contributed by atoms with van der Waals surface area (Å²) in [5.74, 6) is 0.0489. The highest BCUT2D eigenvalue weighted by Gasteiger charge is 2.29. The molecule has 1 atom stereocenters. The number of nitrogens with zero attached hydrogens (tertiary/aromatic N) is 2. The molecule has 10 nitrogen and oxygen atoms in total. The zero-order valence-electron chi connectivity index (χ0n) is 21.8. The molecule has 10 heteroatoms. The highest BCUT2D eigenvalue weighted by Crippen LogP contribution is 2.27. The number of ketones is 1. The first kappa shape index (κ1) is 27.6. The predicted molar refractivity (Wildman–Crippen MR) is 136 cm³/mol. The van der Waals surface area contributed by atoms with Gasteiger partial charge in [-0.25, -0.2) is 9.78 Å². The Morgan fingerprint density at radius 2 is 1.94 bits per heavy atom. The average Bonchev–Trinajstić information content (AvgIpc) is 2.76. The second-order valence-corrected chi connectivity index (χ2v) is 10.6. The maximum atomic E-state index is 12.7. The first-order valence-electron chi connectivity index (χ1n) is 12.8. The number of Topliss-reactive ketones (excluding diaryl/α,β-unsaturated/α-hetero) is 1. The van der Waals surface area contributed by atoms with Gasteiger partial charge in [0.25, 0.3) is 0 Å². The molecule has 0 radical (unpaired) electrons. The molecular weight excluding hydrogens is 462 g/mol. The van der Waals surface area contributed by atoms with Crippen LogP contribution < -0.4 is 20.9 Å². The fourth-order valence-electron chi connectivity index (χ4n) is 4.07. The molecule has 0 unspecified atom stereocenters. The van der Waals surface area contributed by atoms with Crippen molar-refractivity contribution in [3.05, 3.63) is 23.4 Å². The van der Waals surface area contributed by atoms with Gasteiger partial charge in [-0.1, -0.05) is 6.07 Å². The summed E-state index contributed by atoms with van der Waals surface area (Å²) in [7, 11) is 0. The zero-order chi connectivity index (χ0) is 26.3. The monoisotopic (exact) mass is 501 g/mol. The van der Waals surface area contributed by atoms with Crippen molar-refractivity contribution in [2.75, 3.05) is 31.1 Å². The number of aromatic nitrogens is 1. The van der Waals surface area contributed by atoms with Gasteiger partial charge < -0.3 is 20.7 Å². The highest BCUT2D eigenvalue weighted by molar-refractivity contribution is 5.90. The first-order chi connectivity index (χ1) is 17.0. The van der Waals surface area contributed by atoms with Crippen molar-refractivity contribution >= 4 is 29.5 Å². The van der Waals surface area contributed by atoms with Crippen LogP contribution in [0.3, 0.4) is 0 Å². The summed E-state index contributed by atoms with van der Waals surface area (Å²) in [6, 6.07) is 3.29. The third-order valence-electron chi connectivity index (χ3n) is 6.26. The highest BCUT2D eigenvalue weighted by atomic mass is 16.6. The van der Waals surface area contributed by atoms with Gasteiger partial charge in [0.15, 0.2) is 5.78 Å². The van der Waals surface area contributed by atoms with Crippen LogP contribution in [0, 0.1) is 5.92 Å². The lowest BCUT2D eigenvalue weighted by atomic mass is 10.0. The van der Waals surface area contributed by atoms with Crippen LogP contribution in [0.1, 0.15) is 64.6 Å². The third kappa shape index (κ3) is 8.01. The molecule has 0 bridgehead atoms. The van der Waals surface area contributed by atoms with E-state index in [1.165, 1.54) is 6.92 Å². The molecule has 36 heavy (non-hydrogen) atoms. The second kappa shape index (κ2) is 12.3. The molecule has 198 valence electrons. The molecule has 1 saturated heterocycles. The summed E-state index contributed by atoms with van der Waals surface area (Å²) in [5, 5.41) is 8.50. The minimum atomic E-state index is -0.713. The Labute approximate surface area is 212 Å². The van der Waals surface area contributed by atoms with Crippen molar-refractivity contribution in [3.63, 3.8) is 0 Å². The van der Waals surface area contributed by atoms with E-state index in [2.05, 4.69) is 16.0 Å². The van der Waals surface area contributed by atoms with Crippen molar-refractivity contribution in [3.8, 4) is 0 Å². The lowest BCUT2D eigenvalue weighted by Gasteiger charge is -2.31. The summed E-state index contributed by atoms with van der Waals surface area (Å²) in [4.78, 5) is 55.2. The summed E-state index contributed by atoms with van der Waals surface area (Å²) >= 11 is 0. The Bertz CT molecular complexity index is 970. The van der Waals surface area contributed by atoms with Crippen LogP contribution in [-0.2, 0) is 32.0 Å². The van der Waals surface area contributed by atoms with E-state index < -0.39 is 11.6 Å². The fourth-order valence-corrected chi connectivity index (χ4v) is 4.07. The summed E-state index contributed by atoms with van der Waals surface area (Å²) in [6.45, 7) is 8.84. The number of anilines is 1. The van der Waals surface area contributed by atoms with Crippen molar-refractivity contribution < 1.29 is 23.9 Å². The lowest BCUT2D eigenvalue weighted by Crippen LogP contribution is -2.56. The standard InChI is InChI=1S/C26H39N5O5/c1-17(32)21(30-24(34)19-14-27-15-19)16-28-22(33)10-6-5-9-20-12-11-18-8-7-13-31(23(18)29-20)25(35)36-26(2,3)4/h11-12,19,21,27H,5-10,13-16H2,1-4H3,(H,28,33)(H,30,34)/t21-/m0/s1. The number of unbranched alkanes of at least 4 members (excludes halogenated alkanes) is 1. The number of nitrogens with one attached hydrogen (secondary N) is 3. The molecule has 1 fully saturated rings. The number of amides is 3. The number of carbonyl (C=O) groups is 4. The van der Waals surface area contributed by atoms with Gasteiger partial charge in [-0.2, -0.15) is 0 Å². The number of fused-ring (bicyclic) bond motifs is 1. The van der Waals surface area contributed by atoms with E-state index in [-0.39, 0.29) is 36.2 Å². The number of pyridine rings is 1. The Hall–Kier alpha value is -3.01. The van der Waals surface area contributed by atoms with E-state index in [0.717, 1.165) is 30.5 Å². The molecule has 1 aromatic rings. The molecular formula is C26H39N5O5. The SMILES string of the molecule is CC(=O)[C@H](CNC(=O)CCCCc1ccc2c(n1)N(C(=O)OC(C)(C)C)CCC2)NC(=O)C1CNC1. The van der Waals surface area contributed by atoms with Gasteiger partial charge in [-0.15, -0.1) is 0 Å². The van der Waals surface area contributed by atoms with Crippen LogP contribution in [0.2, 0.25) is 0 Å². The summed E-state index contributed by atoms with van der Waals surface area (Å²) in [6.07, 6.45) is 3.78. The van der Waals surface area contributed by atoms with Crippen LogP contribution in [0.4, 0.5) is 10.6 Å². The van der Waals surface area contributed by atoms with Crippen molar-refractivity contribution in [2.24, 2.45) is 5.92 Å². The first-order valence-corrected chi connectivity index (χ1v) is 12.8. The van der Waals surface area contributed by atoms with Gasteiger partial charge in [0.2, 0.25) is 11.8 Å². The molecule has 3 amide bonds. The predicted octanol–water partition coefficient (Wildman–Crippen LogP) is 1.89. The van der Waals surface area contributed by atoms with Gasteiger partial charge in [0.1, 0.15) is 17.5 Å². The minimum absolute atomic E-state index is 0.0902. The van der Waals surface area contributed by atoms with E-state index in [0.29, 0.717) is 44.7 Å². The van der Waals surface area contributed by atoms with E-state index in [4.69, 9.17) is 9.72 Å². The molecule has 0 aliphatic carbocycles. The molecule has 1 aromatic heterocycles. The maximum absolute atomic E-state index is 12.7. The number of carbonyl (C=O) groups excluding carboxylic acids is 4. The quantitative estimate of drug-likeness (QED) is 0.418. The fraction of sp³-hybridized carbons (Fsp3) is 0.654. The Morgan fingerprint density at radius 3 is 2.58 bits per heavy atom. The zero-order valence-corrected chi connectivity index (χ0v) is 21.8. The Kier molecular flexibility index (Phi) is 9.42. The molecule has 0 spiro atoms. The number of ether oxygens (including phenoxy) is 1. The average molecular weight is 502 g/mol. The van der Waals surface area contributed by atoms with E-state index in [1.54, 1.807) is 4.90 Å². The number of rotatable bonds is 10. The summed E-state index contributed by atoms with van der Waals surface area (Å²) < 4.78 is 5.55. The largest absolute Gasteiger partial charge is 0.443 e. The van der Waals surface area contributed by atoms with Gasteiger partial charge in [0.05, 0.1) is 5.92 Å². The topological polar surface area (TPSA) is 130 Å². The third-order valence-corrected chi connectivity index (χ3v) is 6.26. The van der Waals surface area contributed by atoms with Crippen LogP contribution in [0.15, 0.2) is 12.1 Å².